The Morgan fingerprint density at radius 2 is 1.96 bits per heavy atom. The highest BCUT2D eigenvalue weighted by molar-refractivity contribution is 5.85. The summed E-state index contributed by atoms with van der Waals surface area (Å²) in [6, 6.07) is 9.83. The van der Waals surface area contributed by atoms with E-state index in [9.17, 15) is 8.78 Å². The molecular formula is C19H24ClF2N3. The number of benzene rings is 1. The fraction of sp³-hybridized carbons (Fsp3) is 0.421. The molecule has 1 atom stereocenters. The van der Waals surface area contributed by atoms with Crippen molar-refractivity contribution in [3.63, 3.8) is 0 Å². The summed E-state index contributed by atoms with van der Waals surface area (Å²) in [4.78, 5) is 6.62. The maximum atomic E-state index is 14.1. The zero-order chi connectivity index (χ0) is 16.8. The van der Waals surface area contributed by atoms with Gasteiger partial charge in [-0.05, 0) is 62.7 Å². The minimum absolute atomic E-state index is 0. The number of aromatic nitrogens is 1. The van der Waals surface area contributed by atoms with E-state index in [2.05, 4.69) is 15.2 Å². The fourth-order valence-electron chi connectivity index (χ4n) is 3.26. The van der Waals surface area contributed by atoms with Gasteiger partial charge in [0.2, 0.25) is 0 Å². The number of nitrogens with zero attached hydrogens (tertiary/aromatic N) is 2. The molecule has 2 aromatic rings. The molecule has 0 saturated carbocycles. The third-order valence-electron chi connectivity index (χ3n) is 4.53. The molecule has 3 nitrogen and oxygen atoms in total. The Kier molecular flexibility index (Phi) is 7.75. The predicted molar refractivity (Wildman–Crippen MR) is 97.6 cm³/mol. The zero-order valence-electron chi connectivity index (χ0n) is 14.1. The molecule has 1 unspecified atom stereocenters. The number of halogens is 3. The average molecular weight is 368 g/mol. The summed E-state index contributed by atoms with van der Waals surface area (Å²) in [5.74, 6) is -0.749. The Labute approximate surface area is 153 Å². The van der Waals surface area contributed by atoms with Crippen LogP contribution in [0.25, 0.3) is 0 Å². The summed E-state index contributed by atoms with van der Waals surface area (Å²) in [5, 5.41) is 3.40. The van der Waals surface area contributed by atoms with E-state index in [0.29, 0.717) is 24.7 Å². The highest BCUT2D eigenvalue weighted by Gasteiger charge is 2.22. The van der Waals surface area contributed by atoms with Crippen molar-refractivity contribution in [3.8, 4) is 0 Å². The minimum atomic E-state index is -0.397. The van der Waals surface area contributed by atoms with Gasteiger partial charge in [-0.2, -0.15) is 0 Å². The first-order valence-electron chi connectivity index (χ1n) is 8.51. The molecule has 1 aliphatic rings. The maximum Gasteiger partial charge on any atom is 0.127 e. The molecule has 3 rings (SSSR count). The molecular weight excluding hydrogens is 344 g/mol. The van der Waals surface area contributed by atoms with Crippen LogP contribution in [0.15, 0.2) is 42.6 Å². The highest BCUT2D eigenvalue weighted by atomic mass is 35.5. The monoisotopic (exact) mass is 367 g/mol. The largest absolute Gasteiger partial charge is 0.317 e. The Balaban J connectivity index is 0.00000225. The lowest BCUT2D eigenvalue weighted by Gasteiger charge is -2.31. The third kappa shape index (κ3) is 5.73. The van der Waals surface area contributed by atoms with Gasteiger partial charge in [-0.25, -0.2) is 8.78 Å². The normalized spacial score (nSPS) is 17.8. The van der Waals surface area contributed by atoms with Crippen LogP contribution in [-0.2, 0) is 13.1 Å². The van der Waals surface area contributed by atoms with Crippen LogP contribution in [0.3, 0.4) is 0 Å². The van der Waals surface area contributed by atoms with E-state index in [1.807, 2.05) is 18.2 Å². The van der Waals surface area contributed by atoms with Crippen LogP contribution in [0.5, 0.6) is 0 Å². The van der Waals surface area contributed by atoms with Gasteiger partial charge in [-0.1, -0.05) is 6.07 Å². The lowest BCUT2D eigenvalue weighted by molar-refractivity contribution is 0.160. The topological polar surface area (TPSA) is 28.2 Å². The van der Waals surface area contributed by atoms with Crippen molar-refractivity contribution >= 4 is 12.4 Å². The van der Waals surface area contributed by atoms with Crippen LogP contribution in [-0.4, -0.2) is 29.0 Å². The van der Waals surface area contributed by atoms with E-state index in [-0.39, 0.29) is 18.2 Å². The van der Waals surface area contributed by atoms with Crippen LogP contribution < -0.4 is 5.32 Å². The predicted octanol–water partition coefficient (Wildman–Crippen LogP) is 3.93. The van der Waals surface area contributed by atoms with Gasteiger partial charge in [-0.3, -0.25) is 9.88 Å². The van der Waals surface area contributed by atoms with Gasteiger partial charge in [0.1, 0.15) is 11.6 Å². The Morgan fingerprint density at radius 3 is 2.76 bits per heavy atom. The summed E-state index contributed by atoms with van der Waals surface area (Å²) < 4.78 is 27.6. The van der Waals surface area contributed by atoms with Crippen molar-refractivity contribution in [1.29, 1.82) is 0 Å². The first-order valence-corrected chi connectivity index (χ1v) is 8.51. The summed E-state index contributed by atoms with van der Waals surface area (Å²) in [7, 11) is 0. The van der Waals surface area contributed by atoms with Crippen molar-refractivity contribution in [1.82, 2.24) is 15.2 Å². The van der Waals surface area contributed by atoms with E-state index >= 15 is 0 Å². The average Bonchev–Trinajstić information content (AvgIpc) is 2.88. The van der Waals surface area contributed by atoms with Crippen molar-refractivity contribution in [2.45, 2.75) is 38.4 Å². The van der Waals surface area contributed by atoms with E-state index in [0.717, 1.165) is 44.1 Å². The molecule has 0 bridgehead atoms. The quantitative estimate of drug-likeness (QED) is 0.868. The van der Waals surface area contributed by atoms with Crippen molar-refractivity contribution in [2.75, 3.05) is 13.1 Å². The molecule has 0 spiro atoms. The van der Waals surface area contributed by atoms with Gasteiger partial charge in [-0.15, -0.1) is 12.4 Å². The fourth-order valence-corrected chi connectivity index (χ4v) is 3.26. The summed E-state index contributed by atoms with van der Waals surface area (Å²) in [6.07, 6.45) is 4.92. The molecule has 6 heteroatoms. The number of hydrogen-bond donors (Lipinski definition) is 1. The number of rotatable bonds is 5. The van der Waals surface area contributed by atoms with Gasteiger partial charge in [0.15, 0.2) is 0 Å². The third-order valence-corrected chi connectivity index (χ3v) is 4.53. The minimum Gasteiger partial charge on any atom is -0.317 e. The van der Waals surface area contributed by atoms with Gasteiger partial charge >= 0.3 is 0 Å². The van der Waals surface area contributed by atoms with Gasteiger partial charge in [0, 0.05) is 30.9 Å². The summed E-state index contributed by atoms with van der Waals surface area (Å²) >= 11 is 0. The van der Waals surface area contributed by atoms with Gasteiger partial charge in [0.05, 0.1) is 5.69 Å². The molecule has 2 heterocycles. The van der Waals surface area contributed by atoms with Crippen molar-refractivity contribution in [3.05, 3.63) is 65.5 Å². The molecule has 1 aliphatic heterocycles. The van der Waals surface area contributed by atoms with Crippen LogP contribution in [0.2, 0.25) is 0 Å². The molecule has 0 aliphatic carbocycles. The second-order valence-corrected chi connectivity index (χ2v) is 6.30. The molecule has 136 valence electrons. The number of hydrogen-bond acceptors (Lipinski definition) is 3. The van der Waals surface area contributed by atoms with E-state index in [4.69, 9.17) is 0 Å². The molecule has 1 fully saturated rings. The molecule has 25 heavy (non-hydrogen) atoms. The second kappa shape index (κ2) is 9.80. The molecule has 0 amide bonds. The Morgan fingerprint density at radius 1 is 1.08 bits per heavy atom. The molecule has 1 saturated heterocycles. The lowest BCUT2D eigenvalue weighted by atomic mass is 10.1. The standard InChI is InChI=1S/C19H23F2N3.ClH/c20-16-6-7-19(21)15(12-16)13-24(14-17-4-1-2-10-23-17)18-5-3-9-22-11-8-18;/h1-2,4,6-7,10,12,18,22H,3,5,8-9,11,13-14H2;1H. The summed E-state index contributed by atoms with van der Waals surface area (Å²) in [5.41, 5.74) is 1.36. The van der Waals surface area contributed by atoms with Crippen LogP contribution in [0.4, 0.5) is 8.78 Å². The zero-order valence-corrected chi connectivity index (χ0v) is 14.9. The summed E-state index contributed by atoms with van der Waals surface area (Å²) in [6.45, 7) is 3.00. The molecule has 1 aromatic heterocycles. The molecule has 1 aromatic carbocycles. The SMILES string of the molecule is Cl.Fc1ccc(F)c(CN(Cc2ccccn2)C2CCCNCC2)c1. The smallest absolute Gasteiger partial charge is 0.127 e. The second-order valence-electron chi connectivity index (χ2n) is 6.30. The maximum absolute atomic E-state index is 14.1. The highest BCUT2D eigenvalue weighted by Crippen LogP contribution is 2.21. The Bertz CT molecular complexity index is 646. The van der Waals surface area contributed by atoms with Crippen LogP contribution >= 0.6 is 12.4 Å². The first-order chi connectivity index (χ1) is 11.7. The number of pyridine rings is 1. The van der Waals surface area contributed by atoms with E-state index < -0.39 is 5.82 Å². The van der Waals surface area contributed by atoms with Crippen molar-refractivity contribution in [2.24, 2.45) is 0 Å². The molecule has 1 N–H and O–H groups in total. The van der Waals surface area contributed by atoms with Gasteiger partial charge < -0.3 is 5.32 Å². The van der Waals surface area contributed by atoms with Crippen LogP contribution in [0.1, 0.15) is 30.5 Å². The number of nitrogens with one attached hydrogen (secondary N) is 1. The van der Waals surface area contributed by atoms with Crippen molar-refractivity contribution < 1.29 is 8.78 Å². The first kappa shape index (κ1) is 19.8. The van der Waals surface area contributed by atoms with Crippen LogP contribution in [0, 0.1) is 11.6 Å². The van der Waals surface area contributed by atoms with E-state index in [1.54, 1.807) is 6.20 Å². The van der Waals surface area contributed by atoms with Gasteiger partial charge in [0.25, 0.3) is 0 Å². The lowest BCUT2D eigenvalue weighted by Crippen LogP contribution is -2.35. The Hall–Kier alpha value is -1.56. The van der Waals surface area contributed by atoms with E-state index in [1.165, 1.54) is 12.1 Å². The molecule has 0 radical (unpaired) electrons.